The molecule has 1 amide bonds. The predicted octanol–water partition coefficient (Wildman–Crippen LogP) is 4.14. The molecule has 1 aliphatic rings. The molecule has 3 heterocycles. The molecule has 0 atom stereocenters. The van der Waals surface area contributed by atoms with Crippen molar-refractivity contribution >= 4 is 23.4 Å². The summed E-state index contributed by atoms with van der Waals surface area (Å²) in [6, 6.07) is 16.2. The highest BCUT2D eigenvalue weighted by molar-refractivity contribution is 7.98. The Labute approximate surface area is 214 Å². The standard InChI is InChI=1S/C26H28N6O3S/c1-18-8-10-20(11-9-18)32-19(2)28-29-26(32)36-17-24-27-21(16-35-24)25(33)31-14-12-30(13-15-31)22-6-4-5-7-23(22)34-3/h4-11,16H,12-15,17H2,1-3H3. The number of oxazole rings is 1. The van der Waals surface area contributed by atoms with Crippen molar-refractivity contribution in [3.63, 3.8) is 0 Å². The summed E-state index contributed by atoms with van der Waals surface area (Å²) in [5.41, 5.74) is 3.56. The Hall–Kier alpha value is -3.79. The molecule has 0 saturated carbocycles. The van der Waals surface area contributed by atoms with Gasteiger partial charge in [0.15, 0.2) is 10.9 Å². The molecule has 0 spiro atoms. The summed E-state index contributed by atoms with van der Waals surface area (Å²) in [7, 11) is 1.67. The van der Waals surface area contributed by atoms with Crippen LogP contribution in [0.1, 0.15) is 27.8 Å². The lowest BCUT2D eigenvalue weighted by Crippen LogP contribution is -2.49. The summed E-state index contributed by atoms with van der Waals surface area (Å²) in [5, 5.41) is 9.28. The van der Waals surface area contributed by atoms with Gasteiger partial charge in [-0.05, 0) is 38.1 Å². The first-order valence-electron chi connectivity index (χ1n) is 11.8. The van der Waals surface area contributed by atoms with E-state index in [1.165, 1.54) is 23.6 Å². The van der Waals surface area contributed by atoms with E-state index in [2.05, 4.69) is 39.1 Å². The average molecular weight is 505 g/mol. The van der Waals surface area contributed by atoms with Crippen LogP contribution < -0.4 is 9.64 Å². The number of carbonyl (C=O) groups is 1. The van der Waals surface area contributed by atoms with Crippen LogP contribution >= 0.6 is 11.8 Å². The topological polar surface area (TPSA) is 89.5 Å². The third-order valence-corrected chi connectivity index (χ3v) is 7.09. The number of amides is 1. The normalized spacial score (nSPS) is 13.8. The Bertz CT molecular complexity index is 1340. The van der Waals surface area contributed by atoms with Crippen LogP contribution in [0, 0.1) is 13.8 Å². The number of benzene rings is 2. The molecule has 0 aliphatic carbocycles. The van der Waals surface area contributed by atoms with Gasteiger partial charge in [-0.2, -0.15) is 0 Å². The lowest BCUT2D eigenvalue weighted by atomic mass is 10.2. The second-order valence-corrected chi connectivity index (χ2v) is 9.51. The van der Waals surface area contributed by atoms with Crippen molar-refractivity contribution < 1.29 is 13.9 Å². The van der Waals surface area contributed by atoms with Crippen LogP contribution in [0.3, 0.4) is 0 Å². The van der Waals surface area contributed by atoms with Gasteiger partial charge in [0, 0.05) is 31.9 Å². The fraction of sp³-hybridized carbons (Fsp3) is 0.308. The van der Waals surface area contributed by atoms with Gasteiger partial charge in [0.2, 0.25) is 5.89 Å². The summed E-state index contributed by atoms with van der Waals surface area (Å²) in [5.74, 6) is 2.44. The highest BCUT2D eigenvalue weighted by Gasteiger charge is 2.26. The van der Waals surface area contributed by atoms with Crippen LogP contribution in [0.15, 0.2) is 64.4 Å². The van der Waals surface area contributed by atoms with E-state index in [4.69, 9.17) is 9.15 Å². The van der Waals surface area contributed by atoms with Gasteiger partial charge in [0.25, 0.3) is 5.91 Å². The Kier molecular flexibility index (Phi) is 6.95. The Morgan fingerprint density at radius 3 is 2.53 bits per heavy atom. The van der Waals surface area contributed by atoms with Gasteiger partial charge >= 0.3 is 0 Å². The molecule has 2 aromatic heterocycles. The molecule has 186 valence electrons. The molecule has 9 nitrogen and oxygen atoms in total. The smallest absolute Gasteiger partial charge is 0.275 e. The van der Waals surface area contributed by atoms with Crippen LogP contribution in [0.4, 0.5) is 5.69 Å². The quantitative estimate of drug-likeness (QED) is 0.347. The minimum absolute atomic E-state index is 0.117. The zero-order valence-corrected chi connectivity index (χ0v) is 21.4. The third kappa shape index (κ3) is 4.94. The van der Waals surface area contributed by atoms with Crippen molar-refractivity contribution in [1.29, 1.82) is 0 Å². The molecule has 4 aromatic rings. The average Bonchev–Trinajstić information content (AvgIpc) is 3.54. The van der Waals surface area contributed by atoms with Crippen molar-refractivity contribution in [2.45, 2.75) is 24.8 Å². The van der Waals surface area contributed by atoms with Crippen molar-refractivity contribution in [3.8, 4) is 11.4 Å². The van der Waals surface area contributed by atoms with Gasteiger partial charge in [-0.25, -0.2) is 4.98 Å². The second kappa shape index (κ2) is 10.4. The first kappa shape index (κ1) is 23.9. The summed E-state index contributed by atoms with van der Waals surface area (Å²) in [6.45, 7) is 6.63. The van der Waals surface area contributed by atoms with Gasteiger partial charge in [0.1, 0.15) is 17.8 Å². The van der Waals surface area contributed by atoms with Gasteiger partial charge in [-0.1, -0.05) is 41.6 Å². The molecule has 2 aromatic carbocycles. The van der Waals surface area contributed by atoms with E-state index in [0.717, 1.165) is 41.2 Å². The fourth-order valence-electron chi connectivity index (χ4n) is 4.23. The maximum atomic E-state index is 13.1. The van der Waals surface area contributed by atoms with Crippen LogP contribution in [0.2, 0.25) is 0 Å². The zero-order chi connectivity index (χ0) is 25.1. The third-order valence-electron chi connectivity index (χ3n) is 6.18. The first-order valence-corrected chi connectivity index (χ1v) is 12.8. The largest absolute Gasteiger partial charge is 0.495 e. The number of hydrogen-bond donors (Lipinski definition) is 0. The molecule has 1 fully saturated rings. The fourth-order valence-corrected chi connectivity index (χ4v) is 5.08. The summed E-state index contributed by atoms with van der Waals surface area (Å²) in [6.07, 6.45) is 1.45. The summed E-state index contributed by atoms with van der Waals surface area (Å²) in [4.78, 5) is 21.6. The monoisotopic (exact) mass is 504 g/mol. The molecular weight excluding hydrogens is 476 g/mol. The predicted molar refractivity (Wildman–Crippen MR) is 138 cm³/mol. The Morgan fingerprint density at radius 1 is 1.03 bits per heavy atom. The number of ether oxygens (including phenoxy) is 1. The number of aromatic nitrogens is 4. The lowest BCUT2D eigenvalue weighted by molar-refractivity contribution is 0.0740. The van der Waals surface area contributed by atoms with Gasteiger partial charge in [-0.15, -0.1) is 10.2 Å². The first-order chi connectivity index (χ1) is 17.5. The number of hydrogen-bond acceptors (Lipinski definition) is 8. The van der Waals surface area contributed by atoms with Crippen molar-refractivity contribution in [1.82, 2.24) is 24.6 Å². The number of methoxy groups -OCH3 is 1. The molecular formula is C26H28N6O3S. The minimum atomic E-state index is -0.117. The number of nitrogens with zero attached hydrogens (tertiary/aromatic N) is 6. The number of aryl methyl sites for hydroxylation is 2. The number of anilines is 1. The Morgan fingerprint density at radius 2 is 1.78 bits per heavy atom. The van der Waals surface area contributed by atoms with Crippen LogP contribution in [-0.4, -0.2) is 63.8 Å². The van der Waals surface area contributed by atoms with Crippen LogP contribution in [0.5, 0.6) is 5.75 Å². The van der Waals surface area contributed by atoms with E-state index in [1.54, 1.807) is 7.11 Å². The molecule has 1 saturated heterocycles. The highest BCUT2D eigenvalue weighted by atomic mass is 32.2. The molecule has 5 rings (SSSR count). The van der Waals surface area contributed by atoms with Crippen molar-refractivity contribution in [2.75, 3.05) is 38.2 Å². The van der Waals surface area contributed by atoms with E-state index in [0.29, 0.717) is 30.4 Å². The molecule has 10 heteroatoms. The van der Waals surface area contributed by atoms with Crippen LogP contribution in [0.25, 0.3) is 5.69 Å². The molecule has 1 aliphatic heterocycles. The molecule has 0 bridgehead atoms. The highest BCUT2D eigenvalue weighted by Crippen LogP contribution is 2.29. The van der Waals surface area contributed by atoms with E-state index < -0.39 is 0 Å². The van der Waals surface area contributed by atoms with Gasteiger partial charge < -0.3 is 19.0 Å². The Balaban J connectivity index is 1.20. The SMILES string of the molecule is COc1ccccc1N1CCN(C(=O)c2coc(CSc3nnc(C)n3-c3ccc(C)cc3)n2)CC1. The van der Waals surface area contributed by atoms with E-state index >= 15 is 0 Å². The number of para-hydroxylation sites is 2. The van der Waals surface area contributed by atoms with Crippen LogP contribution in [-0.2, 0) is 5.75 Å². The molecule has 0 unspecified atom stereocenters. The molecule has 0 radical (unpaired) electrons. The van der Waals surface area contributed by atoms with Crippen molar-refractivity contribution in [2.24, 2.45) is 0 Å². The van der Waals surface area contributed by atoms with Crippen molar-refractivity contribution in [3.05, 3.63) is 77.8 Å². The maximum Gasteiger partial charge on any atom is 0.275 e. The number of carbonyl (C=O) groups excluding carboxylic acids is 1. The van der Waals surface area contributed by atoms with Gasteiger partial charge in [0.05, 0.1) is 18.6 Å². The number of thioether (sulfide) groups is 1. The lowest BCUT2D eigenvalue weighted by Gasteiger charge is -2.36. The van der Waals surface area contributed by atoms with Gasteiger partial charge in [-0.3, -0.25) is 9.36 Å². The van der Waals surface area contributed by atoms with E-state index in [1.807, 2.05) is 52.8 Å². The molecule has 36 heavy (non-hydrogen) atoms. The minimum Gasteiger partial charge on any atom is -0.495 e. The van der Waals surface area contributed by atoms with E-state index in [9.17, 15) is 4.79 Å². The number of piperazine rings is 1. The van der Waals surface area contributed by atoms with E-state index in [-0.39, 0.29) is 5.91 Å². The number of rotatable bonds is 7. The maximum absolute atomic E-state index is 13.1. The zero-order valence-electron chi connectivity index (χ0n) is 20.5. The summed E-state index contributed by atoms with van der Waals surface area (Å²) < 4.78 is 13.1. The summed E-state index contributed by atoms with van der Waals surface area (Å²) >= 11 is 1.47. The second-order valence-electron chi connectivity index (χ2n) is 8.57. The molecule has 0 N–H and O–H groups in total.